The third kappa shape index (κ3) is 2.93. The normalized spacial score (nSPS) is 23.0. The largest absolute Gasteiger partial charge is 0.327 e. The van der Waals surface area contributed by atoms with Gasteiger partial charge in [0.2, 0.25) is 0 Å². The van der Waals surface area contributed by atoms with E-state index in [0.29, 0.717) is 6.04 Å². The quantitative estimate of drug-likeness (QED) is 0.888. The number of hydrogen-bond donors (Lipinski definition) is 1. The number of aryl methyl sites for hydroxylation is 2. The van der Waals surface area contributed by atoms with Gasteiger partial charge in [0.25, 0.3) is 0 Å². The van der Waals surface area contributed by atoms with Gasteiger partial charge in [0.05, 0.1) is 0 Å². The summed E-state index contributed by atoms with van der Waals surface area (Å²) >= 11 is 0. The second-order valence-electron chi connectivity index (χ2n) is 5.76. The van der Waals surface area contributed by atoms with Crippen molar-refractivity contribution in [2.45, 2.75) is 58.7 Å². The van der Waals surface area contributed by atoms with Gasteiger partial charge >= 0.3 is 0 Å². The Morgan fingerprint density at radius 2 is 1.94 bits per heavy atom. The topological polar surface area (TPSA) is 29.3 Å². The van der Waals surface area contributed by atoms with Crippen LogP contribution in [-0.4, -0.2) is 23.5 Å². The van der Waals surface area contributed by atoms with E-state index in [0.717, 1.165) is 6.54 Å². The van der Waals surface area contributed by atoms with Crippen LogP contribution in [0.3, 0.4) is 0 Å². The number of benzene rings is 1. The Balaban J connectivity index is 2.16. The Morgan fingerprint density at radius 1 is 1.28 bits per heavy atom. The molecule has 0 bridgehead atoms. The van der Waals surface area contributed by atoms with Crippen molar-refractivity contribution in [1.82, 2.24) is 4.90 Å². The molecule has 2 atom stereocenters. The zero-order valence-electron chi connectivity index (χ0n) is 11.9. The van der Waals surface area contributed by atoms with Gasteiger partial charge in [-0.1, -0.05) is 24.6 Å². The highest BCUT2D eigenvalue weighted by Gasteiger charge is 2.25. The van der Waals surface area contributed by atoms with E-state index < -0.39 is 0 Å². The monoisotopic (exact) mass is 246 g/mol. The van der Waals surface area contributed by atoms with E-state index in [1.807, 2.05) is 0 Å². The molecular formula is C16H26N2. The minimum absolute atomic E-state index is 0.273. The van der Waals surface area contributed by atoms with E-state index >= 15 is 0 Å². The zero-order chi connectivity index (χ0) is 13.1. The van der Waals surface area contributed by atoms with E-state index in [1.54, 1.807) is 0 Å². The molecule has 0 amide bonds. The molecule has 2 N–H and O–H groups in total. The highest BCUT2D eigenvalue weighted by molar-refractivity contribution is 5.33. The molecule has 0 spiro atoms. The van der Waals surface area contributed by atoms with Gasteiger partial charge in [-0.15, -0.1) is 0 Å². The predicted octanol–water partition coefficient (Wildman–Crippen LogP) is 3.01. The second kappa shape index (κ2) is 5.85. The van der Waals surface area contributed by atoms with Crippen molar-refractivity contribution >= 4 is 0 Å². The molecule has 0 aliphatic carbocycles. The van der Waals surface area contributed by atoms with Crippen LogP contribution >= 0.6 is 0 Å². The molecular weight excluding hydrogens is 220 g/mol. The third-order valence-corrected chi connectivity index (χ3v) is 4.28. The van der Waals surface area contributed by atoms with Gasteiger partial charge in [0.15, 0.2) is 0 Å². The van der Waals surface area contributed by atoms with Crippen LogP contribution in [0.4, 0.5) is 0 Å². The fraction of sp³-hybridized carbons (Fsp3) is 0.625. The van der Waals surface area contributed by atoms with E-state index in [1.165, 1.54) is 42.5 Å². The Bertz CT molecular complexity index is 378. The van der Waals surface area contributed by atoms with E-state index in [4.69, 9.17) is 5.73 Å². The van der Waals surface area contributed by atoms with Crippen LogP contribution in [0.25, 0.3) is 0 Å². The minimum Gasteiger partial charge on any atom is -0.327 e. The molecule has 0 radical (unpaired) electrons. The van der Waals surface area contributed by atoms with Crippen molar-refractivity contribution in [2.75, 3.05) is 6.54 Å². The highest BCUT2D eigenvalue weighted by atomic mass is 15.2. The van der Waals surface area contributed by atoms with Gasteiger partial charge in [-0.3, -0.25) is 4.90 Å². The molecule has 0 aromatic heterocycles. The molecule has 2 nitrogen and oxygen atoms in total. The summed E-state index contributed by atoms with van der Waals surface area (Å²) in [5, 5.41) is 0. The van der Waals surface area contributed by atoms with Crippen molar-refractivity contribution in [3.8, 4) is 0 Å². The maximum atomic E-state index is 6.15. The highest BCUT2D eigenvalue weighted by Crippen LogP contribution is 2.24. The summed E-state index contributed by atoms with van der Waals surface area (Å²) in [5.41, 5.74) is 10.4. The van der Waals surface area contributed by atoms with Gasteiger partial charge < -0.3 is 5.73 Å². The van der Waals surface area contributed by atoms with E-state index in [9.17, 15) is 0 Å². The SMILES string of the molecule is Cc1cccc(C)c1CN1CCCCC1C(C)N. The summed E-state index contributed by atoms with van der Waals surface area (Å²) in [4.78, 5) is 2.59. The lowest BCUT2D eigenvalue weighted by Gasteiger charge is -2.38. The first-order valence-corrected chi connectivity index (χ1v) is 7.14. The number of hydrogen-bond acceptors (Lipinski definition) is 2. The molecule has 18 heavy (non-hydrogen) atoms. The minimum atomic E-state index is 0.273. The van der Waals surface area contributed by atoms with Crippen LogP contribution < -0.4 is 5.73 Å². The first kappa shape index (κ1) is 13.6. The fourth-order valence-corrected chi connectivity index (χ4v) is 3.11. The number of piperidine rings is 1. The molecule has 1 aliphatic rings. The van der Waals surface area contributed by atoms with Crippen molar-refractivity contribution in [3.63, 3.8) is 0 Å². The molecule has 1 aromatic carbocycles. The smallest absolute Gasteiger partial charge is 0.0248 e. The van der Waals surface area contributed by atoms with Crippen molar-refractivity contribution in [1.29, 1.82) is 0 Å². The predicted molar refractivity (Wildman–Crippen MR) is 77.6 cm³/mol. The lowest BCUT2D eigenvalue weighted by Crippen LogP contribution is -2.48. The Morgan fingerprint density at radius 3 is 2.56 bits per heavy atom. The molecule has 1 fully saturated rings. The van der Waals surface area contributed by atoms with E-state index in [2.05, 4.69) is 43.9 Å². The van der Waals surface area contributed by atoms with Crippen LogP contribution in [0, 0.1) is 13.8 Å². The maximum Gasteiger partial charge on any atom is 0.0248 e. The van der Waals surface area contributed by atoms with Crippen LogP contribution in [0.5, 0.6) is 0 Å². The molecule has 1 aliphatic heterocycles. The standard InChI is InChI=1S/C16H26N2/c1-12-7-6-8-13(2)15(12)11-18-10-5-4-9-16(18)14(3)17/h6-8,14,16H,4-5,9-11,17H2,1-3H3. The van der Waals surface area contributed by atoms with Gasteiger partial charge in [-0.05, 0) is 56.8 Å². The van der Waals surface area contributed by atoms with Crippen LogP contribution in [0.2, 0.25) is 0 Å². The van der Waals surface area contributed by atoms with Crippen molar-refractivity contribution in [3.05, 3.63) is 34.9 Å². The maximum absolute atomic E-state index is 6.15. The average Bonchev–Trinajstić information content (AvgIpc) is 2.34. The first-order chi connectivity index (χ1) is 8.59. The van der Waals surface area contributed by atoms with Crippen LogP contribution in [-0.2, 0) is 6.54 Å². The Labute approximate surface area is 111 Å². The molecule has 2 rings (SSSR count). The molecule has 2 unspecified atom stereocenters. The summed E-state index contributed by atoms with van der Waals surface area (Å²) < 4.78 is 0. The number of rotatable bonds is 3. The Hall–Kier alpha value is -0.860. The summed E-state index contributed by atoms with van der Waals surface area (Å²) in [6, 6.07) is 7.40. The van der Waals surface area contributed by atoms with E-state index in [-0.39, 0.29) is 6.04 Å². The molecule has 1 saturated heterocycles. The van der Waals surface area contributed by atoms with Gasteiger partial charge in [0, 0.05) is 18.6 Å². The number of nitrogens with two attached hydrogens (primary N) is 1. The molecule has 1 aromatic rings. The lowest BCUT2D eigenvalue weighted by molar-refractivity contribution is 0.122. The third-order valence-electron chi connectivity index (χ3n) is 4.28. The van der Waals surface area contributed by atoms with Gasteiger partial charge in [0.1, 0.15) is 0 Å². The average molecular weight is 246 g/mol. The van der Waals surface area contributed by atoms with Gasteiger partial charge in [-0.2, -0.15) is 0 Å². The lowest BCUT2D eigenvalue weighted by atomic mass is 9.94. The number of nitrogens with zero attached hydrogens (tertiary/aromatic N) is 1. The summed E-state index contributed by atoms with van der Waals surface area (Å²) in [6.07, 6.45) is 3.90. The molecule has 2 heteroatoms. The molecule has 0 saturated carbocycles. The summed E-state index contributed by atoms with van der Waals surface area (Å²) in [7, 11) is 0. The summed E-state index contributed by atoms with van der Waals surface area (Å²) in [5.74, 6) is 0. The first-order valence-electron chi connectivity index (χ1n) is 7.14. The fourth-order valence-electron chi connectivity index (χ4n) is 3.11. The van der Waals surface area contributed by atoms with Crippen LogP contribution in [0.15, 0.2) is 18.2 Å². The van der Waals surface area contributed by atoms with Crippen molar-refractivity contribution in [2.24, 2.45) is 5.73 Å². The van der Waals surface area contributed by atoms with Crippen molar-refractivity contribution < 1.29 is 0 Å². The van der Waals surface area contributed by atoms with Crippen LogP contribution in [0.1, 0.15) is 42.9 Å². The Kier molecular flexibility index (Phi) is 4.41. The number of likely N-dealkylation sites (tertiary alicyclic amines) is 1. The second-order valence-corrected chi connectivity index (χ2v) is 5.76. The molecule has 100 valence electrons. The zero-order valence-corrected chi connectivity index (χ0v) is 11.9. The van der Waals surface area contributed by atoms with Gasteiger partial charge in [-0.25, -0.2) is 0 Å². The molecule has 1 heterocycles. The summed E-state index contributed by atoms with van der Waals surface area (Å²) in [6.45, 7) is 8.83.